The predicted octanol–water partition coefficient (Wildman–Crippen LogP) is 12.8. The Hall–Kier alpha value is -1.74. The molecular formula is C50H60FeP2. The Morgan fingerprint density at radius 2 is 0.660 bits per heavy atom. The van der Waals surface area contributed by atoms with Gasteiger partial charge in [0.25, 0.3) is 0 Å². The van der Waals surface area contributed by atoms with Crippen LogP contribution in [-0.4, -0.2) is 8.11 Å². The molecule has 10 aliphatic heterocycles. The fraction of sp³-hybridized carbons (Fsp3) is 0.520. The summed E-state index contributed by atoms with van der Waals surface area (Å²) in [6.45, 7) is 5.47. The van der Waals surface area contributed by atoms with Gasteiger partial charge in [-0.05, 0) is 0 Å². The van der Waals surface area contributed by atoms with Crippen LogP contribution in [-0.2, 0) is 32.2 Å². The monoisotopic (exact) mass is 778 g/mol. The molecule has 0 N–H and O–H groups in total. The van der Waals surface area contributed by atoms with Crippen LogP contribution in [0.2, 0.25) is 38.5 Å². The van der Waals surface area contributed by atoms with Gasteiger partial charge in [-0.3, -0.25) is 0 Å². The second-order valence-corrected chi connectivity index (χ2v) is 50.0. The Balaban J connectivity index is 1.08. The van der Waals surface area contributed by atoms with Crippen LogP contribution in [0.5, 0.6) is 0 Å². The summed E-state index contributed by atoms with van der Waals surface area (Å²) in [5, 5.41) is 7.50. The predicted molar refractivity (Wildman–Crippen MR) is 228 cm³/mol. The van der Waals surface area contributed by atoms with Crippen LogP contribution < -0.4 is 21.2 Å². The van der Waals surface area contributed by atoms with Crippen LogP contribution in [0.25, 0.3) is 0 Å². The molecule has 10 aliphatic rings. The van der Waals surface area contributed by atoms with Crippen molar-refractivity contribution in [1.82, 2.24) is 0 Å². The molecule has 1 spiro atoms. The van der Waals surface area contributed by atoms with Crippen LogP contribution in [0.4, 0.5) is 0 Å². The van der Waals surface area contributed by atoms with Crippen LogP contribution in [0.15, 0.2) is 97.1 Å². The summed E-state index contributed by atoms with van der Waals surface area (Å²) in [6.07, 6.45) is 15.5. The molecule has 53 heavy (non-hydrogen) atoms. The number of aryl methyl sites for hydroxylation is 4. The van der Waals surface area contributed by atoms with E-state index in [1.165, 1.54) is 116 Å². The maximum absolute atomic E-state index is 4.15. The number of hydrogen-bond donors (Lipinski definition) is 0. The zero-order valence-corrected chi connectivity index (χ0v) is 35.5. The standard InChI is InChI=1S/C45H55P2.C5H5.Fe/c1-5-9-22-36-26-13-17-30-40(36)46(41-31-18-14-27-37(41)23-10-6-2)44-34-21-35-45(44)47(42-32-19-15-28-38(42)24-11-7-3)43-33-20-16-29-39(43)25-12-8-4;1-2-4-5-3-1;/h13-21,26-35H,5-12,22-25H2,1-4H3;1-5H;. The van der Waals surface area contributed by atoms with Crippen LogP contribution in [0, 0.1) is 0 Å². The third kappa shape index (κ3) is 1.19. The van der Waals surface area contributed by atoms with E-state index >= 15 is 0 Å². The van der Waals surface area contributed by atoms with Crippen molar-refractivity contribution in [1.29, 1.82) is 0 Å². The molecule has 4 atom stereocenters. The topological polar surface area (TPSA) is 0 Å². The molecule has 0 saturated carbocycles. The Morgan fingerprint density at radius 3 is 0.887 bits per heavy atom. The molecule has 10 heterocycles. The summed E-state index contributed by atoms with van der Waals surface area (Å²) in [5.74, 6) is 0. The van der Waals surface area contributed by atoms with Gasteiger partial charge in [0.2, 0.25) is 0 Å². The second-order valence-electron chi connectivity index (χ2n) is 21.3. The zero-order valence-electron chi connectivity index (χ0n) is 32.6. The van der Waals surface area contributed by atoms with Gasteiger partial charge in [0, 0.05) is 0 Å². The molecule has 0 radical (unpaired) electrons. The first-order chi connectivity index (χ1) is 25.9. The van der Waals surface area contributed by atoms with Gasteiger partial charge in [-0.25, -0.2) is 0 Å². The zero-order chi connectivity index (χ0) is 35.5. The molecular weight excluding hydrogens is 718 g/mol. The average Bonchev–Trinajstić information content (AvgIpc) is 4.16. The Kier molecular flexibility index (Phi) is 3.83. The molecule has 0 bridgehead atoms. The molecule has 3 heteroatoms. The summed E-state index contributed by atoms with van der Waals surface area (Å²) < 4.78 is 1.38. The average molecular weight is 779 g/mol. The van der Waals surface area contributed by atoms with Gasteiger partial charge in [-0.2, -0.15) is 0 Å². The summed E-state index contributed by atoms with van der Waals surface area (Å²) in [4.78, 5) is 10.1. The Bertz CT molecular complexity index is 2330. The molecule has 4 aromatic rings. The van der Waals surface area contributed by atoms with Crippen molar-refractivity contribution >= 4 is 37.1 Å². The van der Waals surface area contributed by atoms with E-state index in [4.69, 9.17) is 0 Å². The van der Waals surface area contributed by atoms with E-state index < -0.39 is 22.4 Å². The van der Waals surface area contributed by atoms with Gasteiger partial charge >= 0.3 is 314 Å². The van der Waals surface area contributed by atoms with Crippen molar-refractivity contribution in [2.75, 3.05) is 0 Å². The maximum atomic E-state index is 2.74. The fourth-order valence-electron chi connectivity index (χ4n) is 23.8. The number of hydrogen-bond acceptors (Lipinski definition) is 0. The van der Waals surface area contributed by atoms with E-state index in [9.17, 15) is 0 Å². The van der Waals surface area contributed by atoms with Crippen LogP contribution in [0.1, 0.15) is 101 Å². The number of benzene rings is 4. The molecule has 10 saturated heterocycles. The van der Waals surface area contributed by atoms with Crippen LogP contribution in [0.3, 0.4) is 0 Å². The molecule has 10 fully saturated rings. The summed E-state index contributed by atoms with van der Waals surface area (Å²) in [6, 6.07) is 40.9. The first-order valence-corrected chi connectivity index (χ1v) is 30.9. The molecule has 278 valence electrons. The number of rotatable bonds is 18. The van der Waals surface area contributed by atoms with Gasteiger partial charge in [0.15, 0.2) is 0 Å². The van der Waals surface area contributed by atoms with E-state index in [1.54, 1.807) is 22.3 Å². The first-order valence-electron chi connectivity index (χ1n) is 22.0. The van der Waals surface area contributed by atoms with Crippen molar-refractivity contribution in [3.8, 4) is 0 Å². The minimum absolute atomic E-state index is 0.430. The van der Waals surface area contributed by atoms with Gasteiger partial charge in [-0.15, -0.1) is 0 Å². The van der Waals surface area contributed by atoms with E-state index in [1.807, 2.05) is 21.2 Å². The third-order valence-electron chi connectivity index (χ3n) is 23.5. The van der Waals surface area contributed by atoms with E-state index in [0.29, 0.717) is 8.11 Å². The molecule has 0 nitrogen and oxygen atoms in total. The van der Waals surface area contributed by atoms with Gasteiger partial charge in [-0.1, -0.05) is 0 Å². The second kappa shape index (κ2) is 6.47. The van der Waals surface area contributed by atoms with Crippen molar-refractivity contribution < 1.29 is 6.51 Å². The van der Waals surface area contributed by atoms with E-state index in [-0.39, 0.29) is 0 Å². The number of fused-ring (bicyclic) bond motifs is 10. The van der Waals surface area contributed by atoms with Gasteiger partial charge < -0.3 is 0 Å². The summed E-state index contributed by atoms with van der Waals surface area (Å²) >= 11 is 0. The van der Waals surface area contributed by atoms with E-state index in [2.05, 4.69) is 125 Å². The van der Waals surface area contributed by atoms with Crippen molar-refractivity contribution in [2.24, 2.45) is 0 Å². The van der Waals surface area contributed by atoms with Crippen LogP contribution >= 0.6 is 15.8 Å². The normalized spacial score (nSPS) is 47.7. The van der Waals surface area contributed by atoms with Gasteiger partial charge in [0.1, 0.15) is 0 Å². The van der Waals surface area contributed by atoms with Crippen molar-refractivity contribution in [3.05, 3.63) is 119 Å². The Labute approximate surface area is 312 Å². The third-order valence-corrected chi connectivity index (χ3v) is 80.8. The molecule has 0 amide bonds. The summed E-state index contributed by atoms with van der Waals surface area (Å²) in [5.41, 5.74) is 6.97. The molecule has 0 aliphatic carbocycles. The number of unbranched alkanes of at least 4 members (excludes halogenated alkanes) is 4. The van der Waals surface area contributed by atoms with Gasteiger partial charge in [0.05, 0.1) is 0 Å². The molecule has 4 aromatic carbocycles. The quantitative estimate of drug-likeness (QED) is 0.0697. The van der Waals surface area contributed by atoms with Crippen molar-refractivity contribution in [2.45, 2.75) is 151 Å². The van der Waals surface area contributed by atoms with Crippen molar-refractivity contribution in [3.63, 3.8) is 0 Å². The fourth-order valence-corrected chi connectivity index (χ4v) is 129. The van der Waals surface area contributed by atoms with E-state index in [0.717, 1.165) is 0 Å². The minimum atomic E-state index is -4.15. The molecule has 0 aromatic heterocycles. The molecule has 4 unspecified atom stereocenters. The SMILES string of the molecule is CCCCc1ccccc1P(c1ccccc1CCCC)[C]12[CH]3[CH]4[CH]5[C]1(P(c1ccccc1CCCC)c1ccccc1CCCC)[Fe]43521678[CH]2[CH]1[CH]6[CH]7[CH]28. The summed E-state index contributed by atoms with van der Waals surface area (Å²) in [7, 11) is -0.860. The molecule has 14 rings (SSSR count). The first kappa shape index (κ1) is 31.4. The Morgan fingerprint density at radius 1 is 0.396 bits per heavy atom.